The maximum atomic E-state index is 12.3. The third-order valence-corrected chi connectivity index (χ3v) is 5.12. The first kappa shape index (κ1) is 18.3. The van der Waals surface area contributed by atoms with Crippen molar-refractivity contribution in [1.82, 2.24) is 29.8 Å². The lowest BCUT2D eigenvalue weighted by molar-refractivity contribution is -0.0552. The Kier molecular flexibility index (Phi) is 4.88. The van der Waals surface area contributed by atoms with Crippen LogP contribution in [-0.4, -0.2) is 65.9 Å². The molecule has 3 heterocycles. The van der Waals surface area contributed by atoms with E-state index in [1.165, 1.54) is 12.5 Å². The van der Waals surface area contributed by atoms with Crippen molar-refractivity contribution < 1.29 is 15.0 Å². The number of carbonyl (C=O) groups is 1. The van der Waals surface area contributed by atoms with Gasteiger partial charge in [-0.05, 0) is 25.0 Å². The van der Waals surface area contributed by atoms with E-state index in [2.05, 4.69) is 30.6 Å². The third-order valence-electron chi connectivity index (χ3n) is 5.12. The van der Waals surface area contributed by atoms with Gasteiger partial charge in [-0.25, -0.2) is 15.0 Å². The van der Waals surface area contributed by atoms with Crippen LogP contribution in [0.1, 0.15) is 29.2 Å². The molecule has 0 radical (unpaired) electrons. The number of nitrogens with zero attached hydrogens (tertiary/aromatic N) is 5. The maximum Gasteiger partial charge on any atom is 0.253 e. The zero-order valence-corrected chi connectivity index (χ0v) is 15.2. The van der Waals surface area contributed by atoms with Crippen molar-refractivity contribution in [2.24, 2.45) is 0 Å². The average Bonchev–Trinajstić information content (AvgIpc) is 3.16. The van der Waals surface area contributed by atoms with Gasteiger partial charge in [0.05, 0.1) is 24.0 Å². The third kappa shape index (κ3) is 3.16. The Labute approximate surface area is 160 Å². The van der Waals surface area contributed by atoms with E-state index < -0.39 is 24.3 Å². The van der Waals surface area contributed by atoms with Crippen LogP contribution >= 0.6 is 0 Å². The Morgan fingerprint density at radius 1 is 1.21 bits per heavy atom. The molecule has 1 aliphatic rings. The number of carbonyl (C=O) groups excluding carboxylic acids is 1. The normalized spacial score (nSPS) is 24.8. The van der Waals surface area contributed by atoms with Crippen LogP contribution in [-0.2, 0) is 0 Å². The molecule has 3 aromatic heterocycles. The van der Waals surface area contributed by atoms with Gasteiger partial charge in [-0.15, -0.1) is 0 Å². The van der Waals surface area contributed by atoms with Gasteiger partial charge in [0.1, 0.15) is 24.1 Å². The molecular formula is C18H21N7O3. The number of rotatable bonds is 4. The first-order valence-corrected chi connectivity index (χ1v) is 9.02. The van der Waals surface area contributed by atoms with E-state index >= 15 is 0 Å². The van der Waals surface area contributed by atoms with Crippen LogP contribution in [0.25, 0.3) is 11.2 Å². The first-order chi connectivity index (χ1) is 13.6. The van der Waals surface area contributed by atoms with E-state index in [1.54, 1.807) is 36.3 Å². The number of anilines is 1. The molecule has 1 fully saturated rings. The fraction of sp³-hybridized carbons (Fsp3) is 0.389. The second kappa shape index (κ2) is 7.49. The van der Waals surface area contributed by atoms with Gasteiger partial charge in [-0.3, -0.25) is 9.78 Å². The van der Waals surface area contributed by atoms with E-state index in [-0.39, 0.29) is 5.91 Å². The summed E-state index contributed by atoms with van der Waals surface area (Å²) in [5.74, 6) is 0.262. The van der Waals surface area contributed by atoms with Crippen molar-refractivity contribution >= 4 is 22.9 Å². The van der Waals surface area contributed by atoms with Gasteiger partial charge in [0, 0.05) is 19.4 Å². The van der Waals surface area contributed by atoms with Crippen molar-refractivity contribution in [3.63, 3.8) is 0 Å². The molecular weight excluding hydrogens is 362 g/mol. The van der Waals surface area contributed by atoms with Crippen molar-refractivity contribution in [2.75, 3.05) is 12.4 Å². The van der Waals surface area contributed by atoms with Gasteiger partial charge in [0.15, 0.2) is 11.5 Å². The zero-order valence-electron chi connectivity index (χ0n) is 15.2. The van der Waals surface area contributed by atoms with Crippen LogP contribution in [0.2, 0.25) is 0 Å². The summed E-state index contributed by atoms with van der Waals surface area (Å²) in [6, 6.07) is 2.35. The smallest absolute Gasteiger partial charge is 0.253 e. The molecule has 0 saturated heterocycles. The minimum Gasteiger partial charge on any atom is -0.388 e. The topological polar surface area (TPSA) is 138 Å². The number of nitrogens with one attached hydrogen (secondary N) is 2. The lowest BCUT2D eigenvalue weighted by atomic mass is 9.85. The molecule has 10 nitrogen and oxygen atoms in total. The molecule has 28 heavy (non-hydrogen) atoms. The van der Waals surface area contributed by atoms with Gasteiger partial charge in [-0.2, -0.15) is 0 Å². The van der Waals surface area contributed by atoms with Crippen molar-refractivity contribution in [1.29, 1.82) is 0 Å². The first-order valence-electron chi connectivity index (χ1n) is 9.02. The molecule has 0 unspecified atom stereocenters. The fourth-order valence-electron chi connectivity index (χ4n) is 3.65. The van der Waals surface area contributed by atoms with Crippen LogP contribution in [0.5, 0.6) is 0 Å². The molecule has 0 bridgehead atoms. The highest BCUT2D eigenvalue weighted by Gasteiger charge is 2.39. The molecule has 0 aromatic carbocycles. The minimum absolute atomic E-state index is 0.331. The maximum absolute atomic E-state index is 12.3. The SMILES string of the molecule is CNc1ncnc2c1ncn2[C@@H]1CC[C@@H](NC(=O)c2cccnc2)[C@@H](O)[C@@H]1O. The average molecular weight is 383 g/mol. The highest BCUT2D eigenvalue weighted by Crippen LogP contribution is 2.32. The summed E-state index contributed by atoms with van der Waals surface area (Å²) in [6.45, 7) is 0. The second-order valence-electron chi connectivity index (χ2n) is 6.74. The Morgan fingerprint density at radius 3 is 2.82 bits per heavy atom. The predicted molar refractivity (Wildman–Crippen MR) is 101 cm³/mol. The highest BCUT2D eigenvalue weighted by atomic mass is 16.3. The summed E-state index contributed by atoms with van der Waals surface area (Å²) in [7, 11) is 1.75. The van der Waals surface area contributed by atoms with Crippen LogP contribution < -0.4 is 10.6 Å². The van der Waals surface area contributed by atoms with Crippen LogP contribution in [0.15, 0.2) is 37.2 Å². The molecule has 1 saturated carbocycles. The van der Waals surface area contributed by atoms with Gasteiger partial charge in [0.25, 0.3) is 5.91 Å². The van der Waals surface area contributed by atoms with Gasteiger partial charge < -0.3 is 25.4 Å². The quantitative estimate of drug-likeness (QED) is 0.498. The van der Waals surface area contributed by atoms with Crippen molar-refractivity contribution in [3.8, 4) is 0 Å². The summed E-state index contributed by atoms with van der Waals surface area (Å²) in [5, 5.41) is 27.1. The Hall–Kier alpha value is -3.11. The van der Waals surface area contributed by atoms with Crippen LogP contribution in [0.4, 0.5) is 5.82 Å². The number of amides is 1. The number of imidazole rings is 1. The van der Waals surface area contributed by atoms with E-state index in [0.29, 0.717) is 35.4 Å². The summed E-state index contributed by atoms with van der Waals surface area (Å²) in [6.07, 6.45) is 4.89. The predicted octanol–water partition coefficient (Wildman–Crippen LogP) is 0.118. The fourth-order valence-corrected chi connectivity index (χ4v) is 3.65. The molecule has 4 rings (SSSR count). The number of hydrogen-bond donors (Lipinski definition) is 4. The lowest BCUT2D eigenvalue weighted by Crippen LogP contribution is -2.54. The Bertz CT molecular complexity index is 978. The number of aliphatic hydroxyl groups is 2. The summed E-state index contributed by atoms with van der Waals surface area (Å²) in [5.41, 5.74) is 1.58. The van der Waals surface area contributed by atoms with E-state index in [1.807, 2.05) is 0 Å². The zero-order chi connectivity index (χ0) is 19.7. The molecule has 1 amide bonds. The number of aromatic nitrogens is 5. The molecule has 0 aliphatic heterocycles. The molecule has 3 aromatic rings. The summed E-state index contributed by atoms with van der Waals surface area (Å²) >= 11 is 0. The summed E-state index contributed by atoms with van der Waals surface area (Å²) in [4.78, 5) is 29.0. The molecule has 4 N–H and O–H groups in total. The van der Waals surface area contributed by atoms with Crippen molar-refractivity contribution in [2.45, 2.75) is 37.1 Å². The molecule has 4 atom stereocenters. The largest absolute Gasteiger partial charge is 0.388 e. The second-order valence-corrected chi connectivity index (χ2v) is 6.74. The van der Waals surface area contributed by atoms with Gasteiger partial charge in [0.2, 0.25) is 0 Å². The van der Waals surface area contributed by atoms with E-state index in [0.717, 1.165) is 0 Å². The molecule has 146 valence electrons. The number of pyridine rings is 1. The summed E-state index contributed by atoms with van der Waals surface area (Å²) < 4.78 is 1.75. The van der Waals surface area contributed by atoms with Crippen molar-refractivity contribution in [3.05, 3.63) is 42.7 Å². The molecule has 0 spiro atoms. The number of fused-ring (bicyclic) bond motifs is 1. The standard InChI is InChI=1S/C18H21N7O3/c1-19-16-13-17(22-8-21-16)25(9-23-13)12-5-4-11(14(26)15(12)27)24-18(28)10-3-2-6-20-7-10/h2-3,6-9,11-12,14-15,26-27H,4-5H2,1H3,(H,24,28)(H,19,21,22)/t11-,12-,14-,15-/m1/s1. The number of aliphatic hydroxyl groups excluding tert-OH is 2. The monoisotopic (exact) mass is 383 g/mol. The van der Waals surface area contributed by atoms with Gasteiger partial charge in [-0.1, -0.05) is 0 Å². The lowest BCUT2D eigenvalue weighted by Gasteiger charge is -2.38. The Balaban J connectivity index is 1.52. The highest BCUT2D eigenvalue weighted by molar-refractivity contribution is 5.94. The number of hydrogen-bond acceptors (Lipinski definition) is 8. The van der Waals surface area contributed by atoms with Gasteiger partial charge >= 0.3 is 0 Å². The molecule has 10 heteroatoms. The minimum atomic E-state index is -1.12. The van der Waals surface area contributed by atoms with E-state index in [4.69, 9.17) is 0 Å². The van der Waals surface area contributed by atoms with Crippen LogP contribution in [0.3, 0.4) is 0 Å². The van der Waals surface area contributed by atoms with Crippen LogP contribution in [0, 0.1) is 0 Å². The molecule has 1 aliphatic carbocycles. The van der Waals surface area contributed by atoms with E-state index in [9.17, 15) is 15.0 Å². The Morgan fingerprint density at radius 2 is 2.07 bits per heavy atom.